The van der Waals surface area contributed by atoms with Crippen molar-refractivity contribution < 1.29 is 18.7 Å². The first kappa shape index (κ1) is 12.8. The fraction of sp³-hybridized carbons (Fsp3) is 0.188. The number of nitrogens with zero attached hydrogens (tertiary/aromatic N) is 1. The second kappa shape index (κ2) is 4.84. The first-order valence-corrected chi connectivity index (χ1v) is 6.96. The van der Waals surface area contributed by atoms with Gasteiger partial charge in [0.05, 0.1) is 11.8 Å². The zero-order chi connectivity index (χ0) is 15.1. The Kier molecular flexibility index (Phi) is 2.82. The molecular formula is C16H14N2O4. The van der Waals surface area contributed by atoms with E-state index in [1.807, 2.05) is 13.1 Å². The van der Waals surface area contributed by atoms with Crippen molar-refractivity contribution in [3.8, 4) is 11.5 Å². The van der Waals surface area contributed by atoms with Gasteiger partial charge in [0.15, 0.2) is 17.1 Å². The maximum Gasteiger partial charge on any atom is 0.272 e. The lowest BCUT2D eigenvalue weighted by atomic mass is 10.2. The van der Waals surface area contributed by atoms with Crippen LogP contribution < -0.4 is 14.8 Å². The van der Waals surface area contributed by atoms with E-state index in [0.29, 0.717) is 41.7 Å². The Morgan fingerprint density at radius 3 is 2.77 bits per heavy atom. The Hall–Kier alpha value is -2.89. The Labute approximate surface area is 126 Å². The number of furan rings is 1. The maximum absolute atomic E-state index is 12.4. The summed E-state index contributed by atoms with van der Waals surface area (Å²) >= 11 is 0. The molecule has 1 aliphatic rings. The van der Waals surface area contributed by atoms with E-state index in [4.69, 9.17) is 13.9 Å². The minimum atomic E-state index is -0.203. The summed E-state index contributed by atoms with van der Waals surface area (Å²) in [5.41, 5.74) is 2.76. The highest BCUT2D eigenvalue weighted by Gasteiger charge is 2.17. The van der Waals surface area contributed by atoms with Crippen LogP contribution in [0.25, 0.3) is 11.1 Å². The van der Waals surface area contributed by atoms with Crippen molar-refractivity contribution in [3.05, 3.63) is 42.3 Å². The number of amides is 1. The molecule has 22 heavy (non-hydrogen) atoms. The van der Waals surface area contributed by atoms with Crippen LogP contribution in [0.5, 0.6) is 11.5 Å². The Morgan fingerprint density at radius 2 is 1.95 bits per heavy atom. The molecular weight excluding hydrogens is 284 g/mol. The highest BCUT2D eigenvalue weighted by molar-refractivity contribution is 6.05. The molecule has 0 atom stereocenters. The molecule has 0 fully saturated rings. The number of carbonyl (C=O) groups excluding carboxylic acids is 1. The molecule has 2 aromatic heterocycles. The van der Waals surface area contributed by atoms with Gasteiger partial charge in [-0.25, -0.2) is 0 Å². The van der Waals surface area contributed by atoms with Crippen LogP contribution in [0.4, 0.5) is 5.69 Å². The van der Waals surface area contributed by atoms with Crippen molar-refractivity contribution in [3.63, 3.8) is 0 Å². The molecule has 1 amide bonds. The number of nitrogens with one attached hydrogen (secondary N) is 1. The van der Waals surface area contributed by atoms with Gasteiger partial charge in [-0.15, -0.1) is 0 Å². The van der Waals surface area contributed by atoms with Gasteiger partial charge >= 0.3 is 0 Å². The Bertz CT molecular complexity index is 862. The molecule has 112 valence electrons. The minimum Gasteiger partial charge on any atom is -0.486 e. The van der Waals surface area contributed by atoms with Gasteiger partial charge in [0, 0.05) is 30.9 Å². The molecule has 0 bridgehead atoms. The lowest BCUT2D eigenvalue weighted by Crippen LogP contribution is -2.17. The third-order valence-corrected chi connectivity index (χ3v) is 3.70. The molecule has 1 N–H and O–H groups in total. The van der Waals surface area contributed by atoms with Crippen LogP contribution in [0, 0.1) is 0 Å². The Morgan fingerprint density at radius 1 is 1.14 bits per heavy atom. The fourth-order valence-corrected chi connectivity index (χ4v) is 2.58. The third kappa shape index (κ3) is 2.00. The average Bonchev–Trinajstić information content (AvgIpc) is 3.10. The summed E-state index contributed by atoms with van der Waals surface area (Å²) in [6.45, 7) is 1.06. The average molecular weight is 298 g/mol. The number of carbonyl (C=O) groups is 1. The van der Waals surface area contributed by atoms with Crippen molar-refractivity contribution in [1.82, 2.24) is 4.57 Å². The van der Waals surface area contributed by atoms with Gasteiger partial charge in [-0.1, -0.05) is 0 Å². The number of hydrogen-bond acceptors (Lipinski definition) is 4. The van der Waals surface area contributed by atoms with Gasteiger partial charge in [-0.3, -0.25) is 4.79 Å². The number of hydrogen-bond donors (Lipinski definition) is 1. The first-order valence-electron chi connectivity index (χ1n) is 6.96. The highest BCUT2D eigenvalue weighted by Crippen LogP contribution is 2.32. The number of fused-ring (bicyclic) bond motifs is 2. The van der Waals surface area contributed by atoms with E-state index in [2.05, 4.69) is 5.32 Å². The molecule has 6 nitrogen and oxygen atoms in total. The van der Waals surface area contributed by atoms with E-state index < -0.39 is 0 Å². The number of anilines is 1. The topological polar surface area (TPSA) is 65.6 Å². The van der Waals surface area contributed by atoms with E-state index >= 15 is 0 Å². The zero-order valence-corrected chi connectivity index (χ0v) is 12.0. The fourth-order valence-electron chi connectivity index (χ4n) is 2.58. The second-order valence-electron chi connectivity index (χ2n) is 5.07. The Balaban J connectivity index is 1.61. The van der Waals surface area contributed by atoms with Gasteiger partial charge in [0.1, 0.15) is 18.9 Å². The monoisotopic (exact) mass is 298 g/mol. The van der Waals surface area contributed by atoms with Crippen LogP contribution in [0.2, 0.25) is 0 Å². The molecule has 1 aromatic carbocycles. The molecule has 3 heterocycles. The van der Waals surface area contributed by atoms with E-state index in [1.54, 1.807) is 35.1 Å². The van der Waals surface area contributed by atoms with Crippen molar-refractivity contribution in [2.75, 3.05) is 18.5 Å². The summed E-state index contributed by atoms with van der Waals surface area (Å²) in [5, 5.41) is 2.86. The third-order valence-electron chi connectivity index (χ3n) is 3.70. The maximum atomic E-state index is 12.4. The van der Waals surface area contributed by atoms with Crippen LogP contribution in [-0.4, -0.2) is 23.7 Å². The van der Waals surface area contributed by atoms with E-state index in [0.717, 1.165) is 5.52 Å². The van der Waals surface area contributed by atoms with Crippen molar-refractivity contribution in [1.29, 1.82) is 0 Å². The van der Waals surface area contributed by atoms with E-state index in [9.17, 15) is 4.79 Å². The summed E-state index contributed by atoms with van der Waals surface area (Å²) in [6.07, 6.45) is 1.60. The molecule has 1 aliphatic heterocycles. The smallest absolute Gasteiger partial charge is 0.272 e. The zero-order valence-electron chi connectivity index (χ0n) is 12.0. The lowest BCUT2D eigenvalue weighted by molar-refractivity contribution is 0.101. The highest BCUT2D eigenvalue weighted by atomic mass is 16.6. The van der Waals surface area contributed by atoms with Gasteiger partial charge in [-0.2, -0.15) is 0 Å². The van der Waals surface area contributed by atoms with Crippen LogP contribution >= 0.6 is 0 Å². The minimum absolute atomic E-state index is 0.203. The van der Waals surface area contributed by atoms with Gasteiger partial charge < -0.3 is 23.8 Å². The molecule has 0 unspecified atom stereocenters. The molecule has 0 saturated heterocycles. The molecule has 0 spiro atoms. The van der Waals surface area contributed by atoms with Crippen LogP contribution in [0.15, 0.2) is 41.0 Å². The lowest BCUT2D eigenvalue weighted by Gasteiger charge is -2.19. The largest absolute Gasteiger partial charge is 0.486 e. The van der Waals surface area contributed by atoms with Crippen molar-refractivity contribution in [2.24, 2.45) is 7.05 Å². The molecule has 0 radical (unpaired) electrons. The van der Waals surface area contributed by atoms with Crippen LogP contribution in [-0.2, 0) is 7.05 Å². The summed E-state index contributed by atoms with van der Waals surface area (Å²) in [5.74, 6) is 1.14. The quantitative estimate of drug-likeness (QED) is 0.790. The number of ether oxygens (including phenoxy) is 2. The molecule has 4 rings (SSSR count). The van der Waals surface area contributed by atoms with Gasteiger partial charge in [-0.05, 0) is 12.1 Å². The number of aromatic nitrogens is 1. The first-order chi connectivity index (χ1) is 10.7. The van der Waals surface area contributed by atoms with Crippen LogP contribution in [0.1, 0.15) is 10.5 Å². The van der Waals surface area contributed by atoms with E-state index in [-0.39, 0.29) is 5.91 Å². The van der Waals surface area contributed by atoms with Gasteiger partial charge in [0.2, 0.25) is 0 Å². The second-order valence-corrected chi connectivity index (χ2v) is 5.07. The van der Waals surface area contributed by atoms with E-state index in [1.165, 1.54) is 0 Å². The molecule has 0 saturated carbocycles. The van der Waals surface area contributed by atoms with Crippen molar-refractivity contribution >= 4 is 22.7 Å². The summed E-state index contributed by atoms with van der Waals surface area (Å²) in [6, 6.07) is 8.90. The predicted octanol–water partition coefficient (Wildman–Crippen LogP) is 2.79. The predicted molar refractivity (Wildman–Crippen MR) is 80.6 cm³/mol. The molecule has 6 heteroatoms. The van der Waals surface area contributed by atoms with Crippen molar-refractivity contribution in [2.45, 2.75) is 0 Å². The summed E-state index contributed by atoms with van der Waals surface area (Å²) in [4.78, 5) is 12.4. The molecule has 3 aromatic rings. The normalized spacial score (nSPS) is 13.3. The number of aryl methyl sites for hydroxylation is 1. The van der Waals surface area contributed by atoms with Gasteiger partial charge in [0.25, 0.3) is 5.91 Å². The standard InChI is InChI=1S/C16H14N2O4/c1-18-11-4-5-20-14(11)9-12(18)16(19)17-10-2-3-13-15(8-10)22-7-6-21-13/h2-5,8-9H,6-7H2,1H3,(H,17,19). The number of rotatable bonds is 2. The number of benzene rings is 1. The summed E-state index contributed by atoms with van der Waals surface area (Å²) < 4.78 is 18.1. The van der Waals surface area contributed by atoms with Crippen LogP contribution in [0.3, 0.4) is 0 Å². The SMILES string of the molecule is Cn1c(C(=O)Nc2ccc3c(c2)OCCO3)cc2occc21. The summed E-state index contributed by atoms with van der Waals surface area (Å²) in [7, 11) is 1.83. The molecule has 0 aliphatic carbocycles.